The molecule has 5 nitrogen and oxygen atoms in total. The molecule has 122 valence electrons. The molecule has 2 fully saturated rings. The van der Waals surface area contributed by atoms with Crippen molar-refractivity contribution in [3.8, 4) is 0 Å². The lowest BCUT2D eigenvalue weighted by atomic mass is 9.81. The summed E-state index contributed by atoms with van der Waals surface area (Å²) < 4.78 is 2.07. The first-order valence-electron chi connectivity index (χ1n) is 9.42. The van der Waals surface area contributed by atoms with Gasteiger partial charge in [0.1, 0.15) is 0 Å². The van der Waals surface area contributed by atoms with Crippen molar-refractivity contribution in [1.82, 2.24) is 25.1 Å². The highest BCUT2D eigenvalue weighted by Crippen LogP contribution is 2.40. The number of hydrogen-bond acceptors (Lipinski definition) is 4. The monoisotopic (exact) mass is 303 g/mol. The Kier molecular flexibility index (Phi) is 4.42. The first-order chi connectivity index (χ1) is 10.9. The molecule has 0 bridgehead atoms. The van der Waals surface area contributed by atoms with Gasteiger partial charge in [-0.25, -0.2) is 4.68 Å². The third kappa shape index (κ3) is 2.92. The smallest absolute Gasteiger partial charge is 0.168 e. The Labute approximate surface area is 133 Å². The predicted molar refractivity (Wildman–Crippen MR) is 85.3 cm³/mol. The highest BCUT2D eigenvalue weighted by atomic mass is 15.6. The lowest BCUT2D eigenvalue weighted by molar-refractivity contribution is 0.0589. The molecule has 0 radical (unpaired) electrons. The molecule has 0 aromatic carbocycles. The molecule has 4 rings (SSSR count). The molecule has 1 atom stereocenters. The normalized spacial score (nSPS) is 28.6. The minimum absolute atomic E-state index is 0.478. The Morgan fingerprint density at radius 1 is 0.864 bits per heavy atom. The van der Waals surface area contributed by atoms with Gasteiger partial charge in [0.05, 0.1) is 12.6 Å². The molecule has 2 saturated carbocycles. The van der Waals surface area contributed by atoms with Crippen LogP contribution in [0, 0.1) is 11.8 Å². The second-order valence-electron chi connectivity index (χ2n) is 7.60. The van der Waals surface area contributed by atoms with E-state index < -0.39 is 0 Å². The number of rotatable bonds is 3. The Morgan fingerprint density at radius 2 is 1.59 bits per heavy atom. The standard InChI is InChI=1S/C17H29N5/c1-3-7-14(8-4-1)13-21-11-12-22-17(18-19-20-22)16(21)15-9-5-2-6-10-15/h14-16H,1-13H2/t16-/m1/s1. The summed E-state index contributed by atoms with van der Waals surface area (Å²) in [5.41, 5.74) is 0. The molecule has 0 N–H and O–H groups in total. The van der Waals surface area contributed by atoms with Crippen LogP contribution >= 0.6 is 0 Å². The molecule has 2 aliphatic carbocycles. The van der Waals surface area contributed by atoms with Crippen LogP contribution in [0.25, 0.3) is 0 Å². The van der Waals surface area contributed by atoms with Gasteiger partial charge in [-0.3, -0.25) is 4.90 Å². The fourth-order valence-corrected chi connectivity index (χ4v) is 4.97. The third-order valence-electron chi connectivity index (χ3n) is 6.13. The molecule has 0 amide bonds. The Morgan fingerprint density at radius 3 is 2.36 bits per heavy atom. The number of nitrogens with zero attached hydrogens (tertiary/aromatic N) is 5. The number of hydrogen-bond donors (Lipinski definition) is 0. The fourth-order valence-electron chi connectivity index (χ4n) is 4.97. The first kappa shape index (κ1) is 14.6. The van der Waals surface area contributed by atoms with Crippen LogP contribution in [-0.4, -0.2) is 38.2 Å². The van der Waals surface area contributed by atoms with E-state index in [1.165, 1.54) is 70.8 Å². The van der Waals surface area contributed by atoms with Crippen LogP contribution in [0.15, 0.2) is 0 Å². The Bertz CT molecular complexity index is 473. The van der Waals surface area contributed by atoms with Gasteiger partial charge in [-0.15, -0.1) is 5.10 Å². The van der Waals surface area contributed by atoms with E-state index in [1.807, 2.05) is 0 Å². The topological polar surface area (TPSA) is 46.8 Å². The van der Waals surface area contributed by atoms with Crippen LogP contribution in [0.5, 0.6) is 0 Å². The summed E-state index contributed by atoms with van der Waals surface area (Å²) in [5, 5.41) is 12.6. The summed E-state index contributed by atoms with van der Waals surface area (Å²) in [6.45, 7) is 3.38. The fraction of sp³-hybridized carbons (Fsp3) is 0.941. The average Bonchev–Trinajstić information content (AvgIpc) is 3.05. The Balaban J connectivity index is 1.53. The van der Waals surface area contributed by atoms with E-state index >= 15 is 0 Å². The van der Waals surface area contributed by atoms with Gasteiger partial charge in [0.25, 0.3) is 0 Å². The highest BCUT2D eigenvalue weighted by molar-refractivity contribution is 5.01. The van der Waals surface area contributed by atoms with E-state index in [-0.39, 0.29) is 0 Å². The lowest BCUT2D eigenvalue weighted by Crippen LogP contribution is -2.45. The van der Waals surface area contributed by atoms with Gasteiger partial charge in [0, 0.05) is 13.1 Å². The third-order valence-corrected chi connectivity index (χ3v) is 6.13. The summed E-state index contributed by atoms with van der Waals surface area (Å²) in [6.07, 6.45) is 14.1. The van der Waals surface area contributed by atoms with E-state index in [0.717, 1.165) is 30.7 Å². The summed E-state index contributed by atoms with van der Waals surface area (Å²) >= 11 is 0. The molecular weight excluding hydrogens is 274 g/mol. The second kappa shape index (κ2) is 6.65. The first-order valence-corrected chi connectivity index (χ1v) is 9.42. The van der Waals surface area contributed by atoms with E-state index in [4.69, 9.17) is 0 Å². The predicted octanol–water partition coefficient (Wildman–Crippen LogP) is 3.19. The number of tetrazole rings is 1. The van der Waals surface area contributed by atoms with Crippen LogP contribution < -0.4 is 0 Å². The molecule has 0 spiro atoms. The van der Waals surface area contributed by atoms with Crippen molar-refractivity contribution >= 4 is 0 Å². The van der Waals surface area contributed by atoms with Crippen molar-refractivity contribution in [3.05, 3.63) is 5.82 Å². The minimum atomic E-state index is 0.478. The van der Waals surface area contributed by atoms with Crippen molar-refractivity contribution in [2.75, 3.05) is 13.1 Å². The van der Waals surface area contributed by atoms with Gasteiger partial charge in [-0.2, -0.15) is 0 Å². The maximum Gasteiger partial charge on any atom is 0.168 e. The minimum Gasteiger partial charge on any atom is -0.291 e. The number of fused-ring (bicyclic) bond motifs is 1. The maximum absolute atomic E-state index is 4.42. The van der Waals surface area contributed by atoms with E-state index in [2.05, 4.69) is 25.1 Å². The van der Waals surface area contributed by atoms with Crippen LogP contribution in [0.2, 0.25) is 0 Å². The highest BCUT2D eigenvalue weighted by Gasteiger charge is 2.37. The van der Waals surface area contributed by atoms with Crippen molar-refractivity contribution in [2.24, 2.45) is 11.8 Å². The molecule has 3 aliphatic rings. The van der Waals surface area contributed by atoms with Crippen molar-refractivity contribution in [1.29, 1.82) is 0 Å². The van der Waals surface area contributed by atoms with E-state index in [9.17, 15) is 0 Å². The zero-order valence-electron chi connectivity index (χ0n) is 13.7. The average molecular weight is 303 g/mol. The SMILES string of the molecule is C1CCC(CN2CCn3nnnc3[C@H]2C2CCCCC2)CC1. The molecule has 22 heavy (non-hydrogen) atoms. The molecule has 2 heterocycles. The van der Waals surface area contributed by atoms with E-state index in [0.29, 0.717) is 6.04 Å². The summed E-state index contributed by atoms with van der Waals surface area (Å²) in [7, 11) is 0. The van der Waals surface area contributed by atoms with Gasteiger partial charge in [0.15, 0.2) is 5.82 Å². The van der Waals surface area contributed by atoms with Crippen LogP contribution in [0.4, 0.5) is 0 Å². The zero-order valence-corrected chi connectivity index (χ0v) is 13.7. The number of aromatic nitrogens is 4. The summed E-state index contributed by atoms with van der Waals surface area (Å²) in [6, 6.07) is 0.478. The molecule has 0 unspecified atom stereocenters. The molecule has 0 saturated heterocycles. The van der Waals surface area contributed by atoms with Gasteiger partial charge in [-0.1, -0.05) is 38.5 Å². The van der Waals surface area contributed by atoms with E-state index in [1.54, 1.807) is 0 Å². The van der Waals surface area contributed by atoms with Crippen molar-refractivity contribution in [2.45, 2.75) is 76.8 Å². The van der Waals surface area contributed by atoms with Gasteiger partial charge < -0.3 is 0 Å². The lowest BCUT2D eigenvalue weighted by Gasteiger charge is -2.42. The van der Waals surface area contributed by atoms with Gasteiger partial charge >= 0.3 is 0 Å². The van der Waals surface area contributed by atoms with Crippen molar-refractivity contribution in [3.63, 3.8) is 0 Å². The maximum atomic E-state index is 4.42. The molecule has 1 aromatic heterocycles. The van der Waals surface area contributed by atoms with Gasteiger partial charge in [-0.05, 0) is 47.9 Å². The quantitative estimate of drug-likeness (QED) is 0.860. The summed E-state index contributed by atoms with van der Waals surface area (Å²) in [4.78, 5) is 2.75. The zero-order chi connectivity index (χ0) is 14.8. The van der Waals surface area contributed by atoms with Gasteiger partial charge in [0.2, 0.25) is 0 Å². The Hall–Kier alpha value is -0.970. The second-order valence-corrected chi connectivity index (χ2v) is 7.60. The molecule has 5 heteroatoms. The molecule has 1 aliphatic heterocycles. The van der Waals surface area contributed by atoms with Crippen LogP contribution in [0.1, 0.15) is 76.1 Å². The summed E-state index contributed by atoms with van der Waals surface area (Å²) in [5.74, 6) is 2.82. The van der Waals surface area contributed by atoms with Crippen molar-refractivity contribution < 1.29 is 0 Å². The molecular formula is C17H29N5. The molecule has 1 aromatic rings. The van der Waals surface area contributed by atoms with Crippen LogP contribution in [0.3, 0.4) is 0 Å². The van der Waals surface area contributed by atoms with Crippen LogP contribution in [-0.2, 0) is 6.54 Å². The largest absolute Gasteiger partial charge is 0.291 e.